The predicted octanol–water partition coefficient (Wildman–Crippen LogP) is 3.30. The van der Waals surface area contributed by atoms with Gasteiger partial charge in [-0.2, -0.15) is 0 Å². The van der Waals surface area contributed by atoms with E-state index in [0.717, 1.165) is 17.9 Å². The van der Waals surface area contributed by atoms with Crippen molar-refractivity contribution in [2.24, 2.45) is 0 Å². The van der Waals surface area contributed by atoms with Crippen molar-refractivity contribution in [3.8, 4) is 0 Å². The number of alkyl halides is 1. The number of anilines is 1. The summed E-state index contributed by atoms with van der Waals surface area (Å²) >= 11 is 5.97. The molecule has 3 heteroatoms. The number of nitrogens with zero attached hydrogens (tertiary/aromatic N) is 2. The second-order valence-electron chi connectivity index (χ2n) is 4.02. The summed E-state index contributed by atoms with van der Waals surface area (Å²) in [6.45, 7) is 2.78. The first-order valence-electron chi connectivity index (χ1n) is 5.38. The van der Waals surface area contributed by atoms with Crippen LogP contribution in [0.1, 0.15) is 6.92 Å². The number of fused-ring (bicyclic) bond motifs is 1. The number of pyridine rings is 1. The number of benzene rings is 1. The third-order valence-electron chi connectivity index (χ3n) is 2.50. The minimum absolute atomic E-state index is 0.123. The number of halogens is 1. The summed E-state index contributed by atoms with van der Waals surface area (Å²) in [7, 11) is 2.01. The second-order valence-corrected chi connectivity index (χ2v) is 4.77. The fourth-order valence-electron chi connectivity index (χ4n) is 1.74. The Morgan fingerprint density at radius 1 is 1.25 bits per heavy atom. The zero-order valence-corrected chi connectivity index (χ0v) is 10.3. The minimum Gasteiger partial charge on any atom is -0.358 e. The van der Waals surface area contributed by atoms with Gasteiger partial charge in [-0.3, -0.25) is 0 Å². The van der Waals surface area contributed by atoms with Crippen LogP contribution in [0.2, 0.25) is 0 Å². The molecule has 0 spiro atoms. The summed E-state index contributed by atoms with van der Waals surface area (Å²) in [6, 6.07) is 12.2. The van der Waals surface area contributed by atoms with Gasteiger partial charge in [0.05, 0.1) is 5.52 Å². The van der Waals surface area contributed by atoms with Gasteiger partial charge in [0.15, 0.2) is 0 Å². The zero-order chi connectivity index (χ0) is 11.5. The molecule has 1 heterocycles. The molecule has 0 aliphatic heterocycles. The van der Waals surface area contributed by atoms with E-state index in [-0.39, 0.29) is 5.38 Å². The molecule has 0 radical (unpaired) electrons. The van der Waals surface area contributed by atoms with Crippen LogP contribution in [0.15, 0.2) is 36.4 Å². The Morgan fingerprint density at radius 2 is 2.00 bits per heavy atom. The lowest BCUT2D eigenvalue weighted by molar-refractivity contribution is 0.847. The van der Waals surface area contributed by atoms with E-state index in [1.807, 2.05) is 38.2 Å². The molecule has 1 atom stereocenters. The molecule has 0 saturated carbocycles. The zero-order valence-electron chi connectivity index (χ0n) is 9.52. The number of hydrogen-bond donors (Lipinski definition) is 0. The number of rotatable bonds is 3. The van der Waals surface area contributed by atoms with Crippen molar-refractivity contribution < 1.29 is 0 Å². The van der Waals surface area contributed by atoms with E-state index in [1.54, 1.807) is 0 Å². The minimum atomic E-state index is 0.123. The molecule has 0 fully saturated rings. The van der Waals surface area contributed by atoms with E-state index in [2.05, 4.69) is 22.0 Å². The van der Waals surface area contributed by atoms with Gasteiger partial charge in [0.2, 0.25) is 0 Å². The van der Waals surface area contributed by atoms with E-state index in [9.17, 15) is 0 Å². The Morgan fingerprint density at radius 3 is 2.75 bits per heavy atom. The summed E-state index contributed by atoms with van der Waals surface area (Å²) in [5.41, 5.74) is 1.02. The normalized spacial score (nSPS) is 12.7. The SMILES string of the molecule is CC(Cl)CN(C)c1ccc2ccccc2n1. The van der Waals surface area contributed by atoms with Gasteiger partial charge in [0.1, 0.15) is 5.82 Å². The first-order valence-corrected chi connectivity index (χ1v) is 5.81. The molecule has 0 N–H and O–H groups in total. The predicted molar refractivity (Wildman–Crippen MR) is 70.3 cm³/mol. The molecule has 1 unspecified atom stereocenters. The molecule has 1 aromatic heterocycles. The molecule has 0 aliphatic carbocycles. The first-order chi connectivity index (χ1) is 7.66. The van der Waals surface area contributed by atoms with Crippen LogP contribution < -0.4 is 4.90 Å². The maximum atomic E-state index is 5.97. The van der Waals surface area contributed by atoms with E-state index < -0.39 is 0 Å². The van der Waals surface area contributed by atoms with Crippen molar-refractivity contribution in [2.75, 3.05) is 18.5 Å². The maximum Gasteiger partial charge on any atom is 0.129 e. The topological polar surface area (TPSA) is 16.1 Å². The van der Waals surface area contributed by atoms with E-state index >= 15 is 0 Å². The standard InChI is InChI=1S/C13H15ClN2/c1-10(14)9-16(2)13-8-7-11-5-3-4-6-12(11)15-13/h3-8,10H,9H2,1-2H3. The van der Waals surface area contributed by atoms with Crippen LogP contribution in [-0.2, 0) is 0 Å². The Hall–Kier alpha value is -1.28. The molecular formula is C13H15ClN2. The Balaban J connectivity index is 2.32. The van der Waals surface area contributed by atoms with E-state index in [0.29, 0.717) is 0 Å². The molecule has 1 aromatic carbocycles. The Kier molecular flexibility index (Phi) is 3.30. The smallest absolute Gasteiger partial charge is 0.129 e. The molecular weight excluding hydrogens is 220 g/mol. The summed E-state index contributed by atoms with van der Waals surface area (Å²) in [5.74, 6) is 0.964. The molecule has 0 amide bonds. The lowest BCUT2D eigenvalue weighted by Crippen LogP contribution is -2.24. The van der Waals surface area contributed by atoms with Crippen LogP contribution >= 0.6 is 11.6 Å². The average Bonchev–Trinajstić information content (AvgIpc) is 2.27. The Bertz CT molecular complexity index is 482. The fraction of sp³-hybridized carbons (Fsp3) is 0.308. The highest BCUT2D eigenvalue weighted by atomic mass is 35.5. The van der Waals surface area contributed by atoms with Crippen LogP contribution in [0.25, 0.3) is 10.9 Å². The second kappa shape index (κ2) is 4.71. The molecule has 2 nitrogen and oxygen atoms in total. The third-order valence-corrected chi connectivity index (χ3v) is 2.64. The van der Waals surface area contributed by atoms with Crippen LogP contribution in [0, 0.1) is 0 Å². The van der Waals surface area contributed by atoms with Crippen molar-refractivity contribution in [3.05, 3.63) is 36.4 Å². The number of para-hydroxylation sites is 1. The summed E-state index contributed by atoms with van der Waals surface area (Å²) in [5, 5.41) is 1.29. The molecule has 2 rings (SSSR count). The molecule has 16 heavy (non-hydrogen) atoms. The highest BCUT2D eigenvalue weighted by Gasteiger charge is 2.06. The van der Waals surface area contributed by atoms with Crippen LogP contribution in [0.4, 0.5) is 5.82 Å². The largest absolute Gasteiger partial charge is 0.358 e. The number of hydrogen-bond acceptors (Lipinski definition) is 2. The molecule has 0 bridgehead atoms. The number of aromatic nitrogens is 1. The Labute approximate surface area is 101 Å². The quantitative estimate of drug-likeness (QED) is 0.758. The molecule has 0 aliphatic rings. The van der Waals surface area contributed by atoms with Crippen LogP contribution in [0.5, 0.6) is 0 Å². The van der Waals surface area contributed by atoms with Gasteiger partial charge in [0, 0.05) is 24.4 Å². The highest BCUT2D eigenvalue weighted by Crippen LogP contribution is 2.17. The summed E-state index contributed by atoms with van der Waals surface area (Å²) in [6.07, 6.45) is 0. The average molecular weight is 235 g/mol. The van der Waals surface area contributed by atoms with Crippen LogP contribution in [-0.4, -0.2) is 24.0 Å². The molecule has 2 aromatic rings. The van der Waals surface area contributed by atoms with Crippen molar-refractivity contribution in [2.45, 2.75) is 12.3 Å². The molecule has 84 valence electrons. The van der Waals surface area contributed by atoms with Gasteiger partial charge in [0.25, 0.3) is 0 Å². The maximum absolute atomic E-state index is 5.97. The molecule has 0 saturated heterocycles. The van der Waals surface area contributed by atoms with Crippen LogP contribution in [0.3, 0.4) is 0 Å². The van der Waals surface area contributed by atoms with Crippen molar-refractivity contribution in [3.63, 3.8) is 0 Å². The van der Waals surface area contributed by atoms with Gasteiger partial charge < -0.3 is 4.90 Å². The van der Waals surface area contributed by atoms with Gasteiger partial charge in [-0.1, -0.05) is 18.2 Å². The first kappa shape index (κ1) is 11.2. The van der Waals surface area contributed by atoms with Gasteiger partial charge in [-0.25, -0.2) is 4.98 Å². The lowest BCUT2D eigenvalue weighted by Gasteiger charge is -2.19. The highest BCUT2D eigenvalue weighted by molar-refractivity contribution is 6.20. The third kappa shape index (κ3) is 2.45. The summed E-state index contributed by atoms with van der Waals surface area (Å²) in [4.78, 5) is 6.67. The summed E-state index contributed by atoms with van der Waals surface area (Å²) < 4.78 is 0. The van der Waals surface area contributed by atoms with Crippen molar-refractivity contribution >= 4 is 28.3 Å². The van der Waals surface area contributed by atoms with Gasteiger partial charge in [-0.15, -0.1) is 11.6 Å². The monoisotopic (exact) mass is 234 g/mol. The van der Waals surface area contributed by atoms with Crippen molar-refractivity contribution in [1.82, 2.24) is 4.98 Å². The lowest BCUT2D eigenvalue weighted by atomic mass is 10.2. The van der Waals surface area contributed by atoms with Crippen molar-refractivity contribution in [1.29, 1.82) is 0 Å². The van der Waals surface area contributed by atoms with E-state index in [4.69, 9.17) is 11.6 Å². The fourth-order valence-corrected chi connectivity index (χ4v) is 1.95. The van der Waals surface area contributed by atoms with Gasteiger partial charge >= 0.3 is 0 Å². The van der Waals surface area contributed by atoms with Gasteiger partial charge in [-0.05, 0) is 25.1 Å². The van der Waals surface area contributed by atoms with E-state index in [1.165, 1.54) is 5.39 Å².